The largest absolute Gasteiger partial charge is 0.409 e. The van der Waals surface area contributed by atoms with Crippen molar-refractivity contribution in [2.45, 2.75) is 23.1 Å². The lowest BCUT2D eigenvalue weighted by molar-refractivity contribution is 0.314. The van der Waals surface area contributed by atoms with E-state index in [9.17, 15) is 8.42 Å². The van der Waals surface area contributed by atoms with E-state index in [0.717, 1.165) is 24.2 Å². The highest BCUT2D eigenvalue weighted by Gasteiger charge is 2.37. The second-order valence-electron chi connectivity index (χ2n) is 4.02. The van der Waals surface area contributed by atoms with E-state index >= 15 is 0 Å². The molecule has 9 heteroatoms. The molecule has 1 atom stereocenters. The van der Waals surface area contributed by atoms with Crippen LogP contribution in [0.2, 0.25) is 4.34 Å². The van der Waals surface area contributed by atoms with Crippen LogP contribution in [0.15, 0.2) is 21.5 Å². The van der Waals surface area contributed by atoms with Crippen LogP contribution in [-0.2, 0) is 10.0 Å². The number of sulfonamides is 1. The maximum absolute atomic E-state index is 12.1. The van der Waals surface area contributed by atoms with Gasteiger partial charge in [0.05, 0.1) is 10.4 Å². The predicted octanol–water partition coefficient (Wildman–Crippen LogP) is 1.20. The molecule has 1 aliphatic rings. The number of nitrogens with one attached hydrogen (secondary N) is 1. The number of rotatable bonds is 5. The number of nitrogens with two attached hydrogens (primary N) is 1. The Bertz CT molecular complexity index is 565. The Morgan fingerprint density at radius 2 is 2.28 bits per heavy atom. The van der Waals surface area contributed by atoms with Gasteiger partial charge in [-0.1, -0.05) is 16.8 Å². The molecule has 18 heavy (non-hydrogen) atoms. The Balaban J connectivity index is 2.20. The highest BCUT2D eigenvalue weighted by atomic mass is 35.5. The molecule has 1 unspecified atom stereocenters. The average Bonchev–Trinajstić information content (AvgIpc) is 3.07. The van der Waals surface area contributed by atoms with Gasteiger partial charge >= 0.3 is 0 Å². The van der Waals surface area contributed by atoms with Crippen LogP contribution in [0.3, 0.4) is 0 Å². The highest BCUT2D eigenvalue weighted by Crippen LogP contribution is 2.34. The summed E-state index contributed by atoms with van der Waals surface area (Å²) in [6, 6.07) is 2.27. The average molecular weight is 310 g/mol. The first kappa shape index (κ1) is 13.6. The minimum absolute atomic E-state index is 0.0890. The third kappa shape index (κ3) is 2.94. The van der Waals surface area contributed by atoms with Crippen molar-refractivity contribution in [1.82, 2.24) is 4.72 Å². The number of nitrogens with zero attached hydrogens (tertiary/aromatic N) is 1. The molecule has 0 saturated heterocycles. The number of oxime groups is 1. The quantitative estimate of drug-likeness (QED) is 0.329. The molecule has 0 radical (unpaired) electrons. The Morgan fingerprint density at radius 1 is 1.61 bits per heavy atom. The van der Waals surface area contributed by atoms with Gasteiger partial charge in [-0.05, 0) is 30.9 Å². The fourth-order valence-electron chi connectivity index (χ4n) is 1.56. The number of halogens is 1. The summed E-state index contributed by atoms with van der Waals surface area (Å²) >= 11 is 6.67. The molecule has 0 aliphatic heterocycles. The Hall–Kier alpha value is -0.830. The smallest absolute Gasteiger partial charge is 0.250 e. The van der Waals surface area contributed by atoms with Crippen molar-refractivity contribution in [1.29, 1.82) is 0 Å². The molecule has 1 aromatic heterocycles. The zero-order valence-electron chi connectivity index (χ0n) is 9.21. The number of hydrogen-bond acceptors (Lipinski definition) is 5. The van der Waals surface area contributed by atoms with Crippen molar-refractivity contribution in [3.63, 3.8) is 0 Å². The second-order valence-corrected chi connectivity index (χ2v) is 7.68. The maximum atomic E-state index is 12.1. The molecule has 1 saturated carbocycles. The van der Waals surface area contributed by atoms with Crippen LogP contribution in [0.5, 0.6) is 0 Å². The van der Waals surface area contributed by atoms with Gasteiger partial charge in [-0.2, -0.15) is 4.72 Å². The molecule has 6 nitrogen and oxygen atoms in total. The van der Waals surface area contributed by atoms with E-state index in [1.165, 1.54) is 12.1 Å². The summed E-state index contributed by atoms with van der Waals surface area (Å²) in [7, 11) is -3.69. The fourth-order valence-corrected chi connectivity index (χ4v) is 4.33. The van der Waals surface area contributed by atoms with Crippen LogP contribution in [0.1, 0.15) is 12.8 Å². The lowest BCUT2D eigenvalue weighted by atomic mass is 10.2. The summed E-state index contributed by atoms with van der Waals surface area (Å²) in [4.78, 5) is 0. The van der Waals surface area contributed by atoms with Gasteiger partial charge in [-0.25, -0.2) is 8.42 Å². The number of thiophene rings is 1. The van der Waals surface area contributed by atoms with Gasteiger partial charge in [-0.3, -0.25) is 0 Å². The van der Waals surface area contributed by atoms with Gasteiger partial charge in [0.25, 0.3) is 10.0 Å². The standard InChI is InChI=1S/C9H12ClN3O3S2/c10-6-3-4-7(17-6)18(15,16)13-8(5-1-2-5)9(11)12-14/h3-5,8,13-14H,1-2H2,(H2,11,12). The van der Waals surface area contributed by atoms with Crippen LogP contribution >= 0.6 is 22.9 Å². The Kier molecular flexibility index (Phi) is 3.81. The van der Waals surface area contributed by atoms with E-state index in [2.05, 4.69) is 9.88 Å². The van der Waals surface area contributed by atoms with Crippen LogP contribution in [0.4, 0.5) is 0 Å². The fraction of sp³-hybridized carbons (Fsp3) is 0.444. The van der Waals surface area contributed by atoms with Crippen molar-refractivity contribution < 1.29 is 13.6 Å². The van der Waals surface area contributed by atoms with Gasteiger partial charge in [0, 0.05) is 0 Å². The third-order valence-corrected chi connectivity index (χ3v) is 5.79. The summed E-state index contributed by atoms with van der Waals surface area (Å²) in [5, 5.41) is 11.5. The summed E-state index contributed by atoms with van der Waals surface area (Å²) in [6.45, 7) is 0. The number of amidine groups is 1. The molecular weight excluding hydrogens is 298 g/mol. The van der Waals surface area contributed by atoms with E-state index in [1.807, 2.05) is 0 Å². The topological polar surface area (TPSA) is 105 Å². The van der Waals surface area contributed by atoms with E-state index in [0.29, 0.717) is 4.34 Å². The van der Waals surface area contributed by atoms with Crippen LogP contribution in [0, 0.1) is 5.92 Å². The van der Waals surface area contributed by atoms with Crippen molar-refractivity contribution in [2.24, 2.45) is 16.8 Å². The molecular formula is C9H12ClN3O3S2. The Morgan fingerprint density at radius 3 is 2.72 bits per heavy atom. The van der Waals surface area contributed by atoms with E-state index < -0.39 is 16.1 Å². The van der Waals surface area contributed by atoms with Gasteiger partial charge in [0.2, 0.25) is 0 Å². The zero-order valence-corrected chi connectivity index (χ0v) is 11.6. The van der Waals surface area contributed by atoms with E-state index in [4.69, 9.17) is 22.5 Å². The van der Waals surface area contributed by atoms with E-state index in [1.54, 1.807) is 0 Å². The normalized spacial score (nSPS) is 18.8. The first-order valence-corrected chi connectivity index (χ1v) is 7.87. The SMILES string of the molecule is NC(=NO)C(NS(=O)(=O)c1ccc(Cl)s1)C1CC1. The molecule has 0 aromatic carbocycles. The highest BCUT2D eigenvalue weighted by molar-refractivity contribution is 7.91. The van der Waals surface area contributed by atoms with Gasteiger partial charge < -0.3 is 10.9 Å². The molecule has 2 rings (SSSR count). The van der Waals surface area contributed by atoms with Crippen LogP contribution in [-0.4, -0.2) is 25.5 Å². The van der Waals surface area contributed by atoms with E-state index in [-0.39, 0.29) is 16.0 Å². The third-order valence-electron chi connectivity index (χ3n) is 2.62. The predicted molar refractivity (Wildman–Crippen MR) is 69.6 cm³/mol. The second kappa shape index (κ2) is 5.04. The van der Waals surface area contributed by atoms with Crippen LogP contribution < -0.4 is 10.5 Å². The summed E-state index contributed by atoms with van der Waals surface area (Å²) in [5.74, 6) is -0.0326. The zero-order chi connectivity index (χ0) is 13.3. The molecule has 0 spiro atoms. The van der Waals surface area contributed by atoms with Crippen molar-refractivity contribution in [3.8, 4) is 0 Å². The Labute approximate surface area is 113 Å². The molecule has 1 aromatic rings. The summed E-state index contributed by atoms with van der Waals surface area (Å²) in [6.07, 6.45) is 1.71. The molecule has 1 aliphatic carbocycles. The minimum atomic E-state index is -3.69. The van der Waals surface area contributed by atoms with Crippen LogP contribution in [0.25, 0.3) is 0 Å². The van der Waals surface area contributed by atoms with Gasteiger partial charge in [0.1, 0.15) is 4.21 Å². The number of hydrogen-bond donors (Lipinski definition) is 3. The monoisotopic (exact) mass is 309 g/mol. The lowest BCUT2D eigenvalue weighted by Gasteiger charge is -2.15. The molecule has 1 heterocycles. The first-order valence-electron chi connectivity index (χ1n) is 5.19. The summed E-state index contributed by atoms with van der Waals surface area (Å²) < 4.78 is 27.1. The maximum Gasteiger partial charge on any atom is 0.250 e. The van der Waals surface area contributed by atoms with Crippen molar-refractivity contribution in [2.75, 3.05) is 0 Å². The van der Waals surface area contributed by atoms with Gasteiger partial charge in [-0.15, -0.1) is 11.3 Å². The first-order chi connectivity index (χ1) is 8.44. The lowest BCUT2D eigenvalue weighted by Crippen LogP contribution is -2.45. The van der Waals surface area contributed by atoms with Crippen molar-refractivity contribution in [3.05, 3.63) is 16.5 Å². The molecule has 1 fully saturated rings. The van der Waals surface area contributed by atoms with Gasteiger partial charge in [0.15, 0.2) is 5.84 Å². The molecule has 100 valence electrons. The minimum Gasteiger partial charge on any atom is -0.409 e. The summed E-state index contributed by atoms with van der Waals surface area (Å²) in [5.41, 5.74) is 5.50. The molecule has 4 N–H and O–H groups in total. The molecule has 0 amide bonds. The molecule has 0 bridgehead atoms. The van der Waals surface area contributed by atoms with Crippen molar-refractivity contribution >= 4 is 38.8 Å².